The van der Waals surface area contributed by atoms with Gasteiger partial charge in [-0.05, 0) is 20.8 Å². The third-order valence-corrected chi connectivity index (χ3v) is 0.948. The summed E-state index contributed by atoms with van der Waals surface area (Å²) in [6, 6.07) is 0. The van der Waals surface area contributed by atoms with Gasteiger partial charge < -0.3 is 0 Å². The Hall–Kier alpha value is -0.505. The highest BCUT2D eigenvalue weighted by Gasteiger charge is 2.12. The summed E-state index contributed by atoms with van der Waals surface area (Å²) in [6.45, 7) is 7.62. The molecule has 0 aliphatic carbocycles. The highest BCUT2D eigenvalue weighted by atomic mass is 16.7. The number of hydrogen-bond donors (Lipinski definition) is 1. The number of carbonyl (C=O) groups is 1. The van der Waals surface area contributed by atoms with Crippen molar-refractivity contribution in [2.45, 2.75) is 39.6 Å². The summed E-state index contributed by atoms with van der Waals surface area (Å²) in [4.78, 5) is 15.9. The van der Waals surface area contributed by atoms with Crippen LogP contribution in [-0.4, -0.2) is 18.7 Å². The van der Waals surface area contributed by atoms with Gasteiger partial charge in [-0.2, -0.15) is 0 Å². The molecule has 0 saturated carbocycles. The van der Waals surface area contributed by atoms with Gasteiger partial charge in [0.05, 0.1) is 5.60 Å². The zero-order chi connectivity index (χ0) is 8.91. The summed E-state index contributed by atoms with van der Waals surface area (Å²) < 4.78 is 0. The zero-order valence-electron chi connectivity index (χ0n) is 7.73. The van der Waals surface area contributed by atoms with Crippen LogP contribution >= 0.6 is 0 Å². The summed E-state index contributed by atoms with van der Waals surface area (Å²) in [6.07, 6.45) is 0.847. The maximum atomic E-state index is 10.9. The van der Waals surface area contributed by atoms with Gasteiger partial charge in [0.1, 0.15) is 0 Å². The fourth-order valence-corrected chi connectivity index (χ4v) is 0.488. The number of carbonyl (C=O) groups excluding carboxylic acids is 1. The van der Waals surface area contributed by atoms with Crippen molar-refractivity contribution < 1.29 is 9.63 Å². The maximum absolute atomic E-state index is 10.9. The molecule has 0 aromatic rings. The van der Waals surface area contributed by atoms with Gasteiger partial charge in [0.2, 0.25) is 7.28 Å². The number of rotatable bonds is 3. The molecule has 0 bridgehead atoms. The first-order valence-corrected chi connectivity index (χ1v) is 3.92. The Morgan fingerprint density at radius 1 is 1.55 bits per heavy atom. The molecule has 0 aromatic heterocycles. The van der Waals surface area contributed by atoms with Gasteiger partial charge in [-0.3, -0.25) is 9.63 Å². The summed E-state index contributed by atoms with van der Waals surface area (Å²) in [5, 5.41) is 0. The molecule has 0 aliphatic rings. The topological polar surface area (TPSA) is 38.3 Å². The van der Waals surface area contributed by atoms with Crippen molar-refractivity contribution in [2.75, 3.05) is 0 Å². The van der Waals surface area contributed by atoms with Crippen LogP contribution in [0, 0.1) is 0 Å². The minimum Gasteiger partial charge on any atom is -0.286 e. The van der Waals surface area contributed by atoms with Crippen LogP contribution in [0.25, 0.3) is 0 Å². The third-order valence-electron chi connectivity index (χ3n) is 0.948. The standard InChI is InChI=1S/C7H16BNO2/c1-5-8-6(10)9-11-7(2,3)4/h8H,5H2,1-4H3,(H,9,10). The quantitative estimate of drug-likeness (QED) is 0.495. The molecule has 0 unspecified atom stereocenters. The van der Waals surface area contributed by atoms with E-state index in [1.54, 1.807) is 0 Å². The van der Waals surface area contributed by atoms with Gasteiger partial charge in [0.25, 0.3) is 0 Å². The number of hydroxylamine groups is 1. The molecule has 0 aromatic carbocycles. The Bertz CT molecular complexity index is 131. The average Bonchev–Trinajstić information content (AvgIpc) is 1.83. The second-order valence-corrected chi connectivity index (χ2v) is 3.49. The monoisotopic (exact) mass is 157 g/mol. The Morgan fingerprint density at radius 2 is 2.09 bits per heavy atom. The number of nitrogens with one attached hydrogen (secondary N) is 1. The van der Waals surface area contributed by atoms with Crippen molar-refractivity contribution >= 4 is 13.1 Å². The second kappa shape index (κ2) is 4.39. The van der Waals surface area contributed by atoms with Gasteiger partial charge in [-0.15, -0.1) is 0 Å². The fourth-order valence-electron chi connectivity index (χ4n) is 0.488. The van der Waals surface area contributed by atoms with Gasteiger partial charge in [-0.1, -0.05) is 13.2 Å². The van der Waals surface area contributed by atoms with Crippen LogP contribution in [0.4, 0.5) is 4.79 Å². The Labute approximate surface area is 68.7 Å². The summed E-state index contributed by atoms with van der Waals surface area (Å²) in [5.41, 5.74) is 2.08. The minimum absolute atomic E-state index is 0.0533. The van der Waals surface area contributed by atoms with E-state index in [2.05, 4.69) is 5.48 Å². The normalized spacial score (nSPS) is 10.9. The molecule has 0 heterocycles. The van der Waals surface area contributed by atoms with Crippen LogP contribution in [0.15, 0.2) is 0 Å². The molecule has 11 heavy (non-hydrogen) atoms. The van der Waals surface area contributed by atoms with E-state index in [1.165, 1.54) is 0 Å². The third kappa shape index (κ3) is 7.39. The zero-order valence-corrected chi connectivity index (χ0v) is 7.73. The largest absolute Gasteiger partial charge is 0.286 e. The predicted molar refractivity (Wildman–Crippen MR) is 47.0 cm³/mol. The van der Waals surface area contributed by atoms with E-state index in [0.29, 0.717) is 7.28 Å². The van der Waals surface area contributed by atoms with E-state index < -0.39 is 0 Å². The lowest BCUT2D eigenvalue weighted by atomic mass is 9.75. The molecule has 1 amide bonds. The molecule has 0 radical (unpaired) electrons. The first kappa shape index (κ1) is 10.5. The van der Waals surface area contributed by atoms with Crippen molar-refractivity contribution in [3.8, 4) is 0 Å². The average molecular weight is 157 g/mol. The van der Waals surface area contributed by atoms with E-state index in [1.807, 2.05) is 27.7 Å². The molecule has 0 fully saturated rings. The lowest BCUT2D eigenvalue weighted by Crippen LogP contribution is -2.35. The summed E-state index contributed by atoms with van der Waals surface area (Å²) in [7, 11) is 0.524. The molecule has 0 rings (SSSR count). The highest BCUT2D eigenvalue weighted by Crippen LogP contribution is 2.03. The van der Waals surface area contributed by atoms with Crippen molar-refractivity contribution in [2.24, 2.45) is 0 Å². The van der Waals surface area contributed by atoms with Crippen molar-refractivity contribution in [1.82, 2.24) is 5.48 Å². The van der Waals surface area contributed by atoms with Crippen LogP contribution in [0.1, 0.15) is 27.7 Å². The molecule has 0 spiro atoms. The van der Waals surface area contributed by atoms with Crippen molar-refractivity contribution in [1.29, 1.82) is 0 Å². The molecule has 4 heteroatoms. The Kier molecular flexibility index (Phi) is 4.19. The Morgan fingerprint density at radius 3 is 2.45 bits per heavy atom. The first-order chi connectivity index (χ1) is 4.95. The Balaban J connectivity index is 3.46. The molecule has 3 nitrogen and oxygen atoms in total. The van der Waals surface area contributed by atoms with Crippen LogP contribution < -0.4 is 5.48 Å². The van der Waals surface area contributed by atoms with Crippen LogP contribution in [0.5, 0.6) is 0 Å². The number of hydrogen-bond acceptors (Lipinski definition) is 2. The van der Waals surface area contributed by atoms with Crippen LogP contribution in [0.3, 0.4) is 0 Å². The van der Waals surface area contributed by atoms with Crippen LogP contribution in [0.2, 0.25) is 6.32 Å². The van der Waals surface area contributed by atoms with Crippen molar-refractivity contribution in [3.05, 3.63) is 0 Å². The molecular formula is C7H16BNO2. The van der Waals surface area contributed by atoms with E-state index in [-0.39, 0.29) is 11.4 Å². The number of amides is 1. The van der Waals surface area contributed by atoms with E-state index >= 15 is 0 Å². The summed E-state index contributed by atoms with van der Waals surface area (Å²) in [5.74, 6) is -0.0533. The minimum atomic E-state index is -0.302. The lowest BCUT2D eigenvalue weighted by Gasteiger charge is -2.18. The molecule has 1 N–H and O–H groups in total. The van der Waals surface area contributed by atoms with Gasteiger partial charge in [0, 0.05) is 0 Å². The fraction of sp³-hybridized carbons (Fsp3) is 0.857. The molecule has 0 atom stereocenters. The van der Waals surface area contributed by atoms with Gasteiger partial charge >= 0.3 is 0 Å². The summed E-state index contributed by atoms with van der Waals surface area (Å²) >= 11 is 0. The highest BCUT2D eigenvalue weighted by molar-refractivity contribution is 6.73. The SMILES string of the molecule is CCBC(=O)NOC(C)(C)C. The lowest BCUT2D eigenvalue weighted by molar-refractivity contribution is -0.0487. The smallest absolute Gasteiger partial charge is 0.236 e. The van der Waals surface area contributed by atoms with E-state index in [4.69, 9.17) is 4.84 Å². The van der Waals surface area contributed by atoms with Gasteiger partial charge in [-0.25, -0.2) is 5.48 Å². The maximum Gasteiger partial charge on any atom is 0.236 e. The van der Waals surface area contributed by atoms with Crippen molar-refractivity contribution in [3.63, 3.8) is 0 Å². The molecule has 0 saturated heterocycles. The van der Waals surface area contributed by atoms with Gasteiger partial charge in [0.15, 0.2) is 5.81 Å². The first-order valence-electron chi connectivity index (χ1n) is 3.92. The molecule has 0 aliphatic heterocycles. The second-order valence-electron chi connectivity index (χ2n) is 3.49. The predicted octanol–water partition coefficient (Wildman–Crippen LogP) is 1.30. The van der Waals surface area contributed by atoms with E-state index in [9.17, 15) is 4.79 Å². The molecular weight excluding hydrogens is 141 g/mol. The van der Waals surface area contributed by atoms with Crippen LogP contribution in [-0.2, 0) is 4.84 Å². The van der Waals surface area contributed by atoms with E-state index in [0.717, 1.165) is 6.32 Å². The molecule has 64 valence electrons.